The van der Waals surface area contributed by atoms with Crippen LogP contribution >= 0.6 is 0 Å². The third kappa shape index (κ3) is 7.40. The Morgan fingerprint density at radius 2 is 1.80 bits per heavy atom. The molecule has 1 heterocycles. The van der Waals surface area contributed by atoms with Gasteiger partial charge in [0, 0.05) is 6.54 Å². The summed E-state index contributed by atoms with van der Waals surface area (Å²) in [7, 11) is 0. The first-order chi connectivity index (χ1) is 13.9. The Bertz CT molecular complexity index is 685. The molecule has 0 bridgehead atoms. The molecular weight excluding hydrogens is 390 g/mol. The predicted octanol–water partition coefficient (Wildman–Crippen LogP) is 0.411. The Balaban J connectivity index is 0.00000450. The lowest BCUT2D eigenvalue weighted by molar-refractivity contribution is -0.149. The molecule has 1 fully saturated rings. The molecule has 1 aromatic carbocycles. The van der Waals surface area contributed by atoms with E-state index in [1.807, 2.05) is 30.3 Å². The minimum Gasteiger partial charge on any atom is -0.480 e. The number of hydrogen-bond donors (Lipinski definition) is 4. The third-order valence-electron chi connectivity index (χ3n) is 5.33. The van der Waals surface area contributed by atoms with Crippen molar-refractivity contribution in [2.24, 2.45) is 5.73 Å². The summed E-state index contributed by atoms with van der Waals surface area (Å²) in [5, 5.41) is 22.0. The second-order valence-corrected chi connectivity index (χ2v) is 7.45. The van der Waals surface area contributed by atoms with Crippen molar-refractivity contribution in [3.05, 3.63) is 35.9 Å². The average molecular weight is 424 g/mol. The summed E-state index contributed by atoms with van der Waals surface area (Å²) in [6.07, 6.45) is 3.76. The van der Waals surface area contributed by atoms with Gasteiger partial charge in [0.05, 0.1) is 6.04 Å². The molecular formula is C21H33N3O6. The molecule has 9 nitrogen and oxygen atoms in total. The van der Waals surface area contributed by atoms with Crippen molar-refractivity contribution in [1.82, 2.24) is 10.2 Å². The second kappa shape index (κ2) is 12.9. The Morgan fingerprint density at radius 3 is 2.40 bits per heavy atom. The molecule has 2 rings (SSSR count). The molecule has 9 heteroatoms. The molecule has 7 N–H and O–H groups in total. The highest BCUT2D eigenvalue weighted by Crippen LogP contribution is 2.20. The number of benzene rings is 1. The lowest BCUT2D eigenvalue weighted by Crippen LogP contribution is -2.54. The number of rotatable bonds is 12. The maximum Gasteiger partial charge on any atom is 0.326 e. The van der Waals surface area contributed by atoms with Crippen LogP contribution in [0.15, 0.2) is 30.3 Å². The number of nitrogens with two attached hydrogens (primary N) is 1. The summed E-state index contributed by atoms with van der Waals surface area (Å²) in [4.78, 5) is 37.7. The first kappa shape index (κ1) is 25.5. The van der Waals surface area contributed by atoms with Crippen LogP contribution in [0.5, 0.6) is 0 Å². The normalized spacial score (nSPS) is 17.8. The Kier molecular flexibility index (Phi) is 11.0. The van der Waals surface area contributed by atoms with Crippen molar-refractivity contribution < 1.29 is 30.1 Å². The van der Waals surface area contributed by atoms with Crippen LogP contribution in [0.1, 0.15) is 44.1 Å². The highest BCUT2D eigenvalue weighted by atomic mass is 16.4. The molecule has 3 atom stereocenters. The second-order valence-electron chi connectivity index (χ2n) is 7.45. The van der Waals surface area contributed by atoms with E-state index in [1.54, 1.807) is 0 Å². The fraction of sp³-hybridized carbons (Fsp3) is 0.571. The topological polar surface area (TPSA) is 164 Å². The van der Waals surface area contributed by atoms with Crippen molar-refractivity contribution in [3.63, 3.8) is 0 Å². The van der Waals surface area contributed by atoms with E-state index in [1.165, 1.54) is 4.90 Å². The third-order valence-corrected chi connectivity index (χ3v) is 5.33. The Morgan fingerprint density at radius 1 is 1.10 bits per heavy atom. The average Bonchev–Trinajstić information content (AvgIpc) is 3.20. The minimum atomic E-state index is -1.02. The quantitative estimate of drug-likeness (QED) is 0.353. The van der Waals surface area contributed by atoms with Crippen molar-refractivity contribution >= 4 is 17.8 Å². The van der Waals surface area contributed by atoms with E-state index in [0.29, 0.717) is 51.6 Å². The monoisotopic (exact) mass is 423 g/mol. The summed E-state index contributed by atoms with van der Waals surface area (Å²) in [5.41, 5.74) is 6.57. The molecule has 1 aliphatic rings. The summed E-state index contributed by atoms with van der Waals surface area (Å²) in [6, 6.07) is 7.10. The molecule has 30 heavy (non-hydrogen) atoms. The van der Waals surface area contributed by atoms with Crippen LogP contribution in [-0.2, 0) is 20.8 Å². The Labute approximate surface area is 176 Å². The number of nitrogens with zero attached hydrogens (tertiary/aromatic N) is 1. The Hall–Kier alpha value is -2.49. The van der Waals surface area contributed by atoms with Crippen LogP contribution in [0.2, 0.25) is 0 Å². The van der Waals surface area contributed by atoms with Crippen molar-refractivity contribution in [1.29, 1.82) is 0 Å². The first-order valence-electron chi connectivity index (χ1n) is 10.2. The van der Waals surface area contributed by atoms with Gasteiger partial charge in [-0.25, -0.2) is 4.79 Å². The molecule has 1 unspecified atom stereocenters. The molecule has 0 radical (unpaired) electrons. The number of aryl methyl sites for hydroxylation is 1. The predicted molar refractivity (Wildman–Crippen MR) is 112 cm³/mol. The van der Waals surface area contributed by atoms with Gasteiger partial charge in [-0.1, -0.05) is 36.8 Å². The molecule has 1 aromatic rings. The fourth-order valence-corrected chi connectivity index (χ4v) is 3.73. The zero-order valence-electron chi connectivity index (χ0n) is 17.1. The van der Waals surface area contributed by atoms with E-state index in [4.69, 9.17) is 5.73 Å². The van der Waals surface area contributed by atoms with Gasteiger partial charge < -0.3 is 26.3 Å². The van der Waals surface area contributed by atoms with E-state index < -0.39 is 30.1 Å². The maximum absolute atomic E-state index is 13.1. The van der Waals surface area contributed by atoms with Crippen LogP contribution < -0.4 is 11.1 Å². The highest BCUT2D eigenvalue weighted by molar-refractivity contribution is 5.88. The number of carboxylic acid groups (broad SMARTS) is 2. The summed E-state index contributed by atoms with van der Waals surface area (Å²) >= 11 is 0. The summed E-state index contributed by atoms with van der Waals surface area (Å²) < 4.78 is 0. The van der Waals surface area contributed by atoms with Crippen LogP contribution in [0.4, 0.5) is 0 Å². The van der Waals surface area contributed by atoms with Gasteiger partial charge in [-0.2, -0.15) is 0 Å². The molecule has 168 valence electrons. The number of carbonyl (C=O) groups excluding carboxylic acids is 1. The minimum absolute atomic E-state index is 0. The fourth-order valence-electron chi connectivity index (χ4n) is 3.73. The SMILES string of the molecule is NCCCC[C@H](NC(CCc1ccccc1)C(=O)O)C(=O)N1CCC[C@H]1C(=O)O.O. The van der Waals surface area contributed by atoms with Gasteiger partial charge in [0.25, 0.3) is 0 Å². The lowest BCUT2D eigenvalue weighted by Gasteiger charge is -2.29. The van der Waals surface area contributed by atoms with Crippen molar-refractivity contribution in [2.75, 3.05) is 13.1 Å². The molecule has 0 aromatic heterocycles. The van der Waals surface area contributed by atoms with E-state index >= 15 is 0 Å². The number of carboxylic acids is 2. The number of likely N-dealkylation sites (tertiary alicyclic amines) is 1. The van der Waals surface area contributed by atoms with Gasteiger partial charge in [0.15, 0.2) is 0 Å². The van der Waals surface area contributed by atoms with Crippen LogP contribution in [0, 0.1) is 0 Å². The van der Waals surface area contributed by atoms with Crippen molar-refractivity contribution in [3.8, 4) is 0 Å². The first-order valence-corrected chi connectivity index (χ1v) is 10.2. The van der Waals surface area contributed by atoms with Gasteiger partial charge in [-0.15, -0.1) is 0 Å². The molecule has 0 spiro atoms. The van der Waals surface area contributed by atoms with E-state index in [0.717, 1.165) is 12.0 Å². The van der Waals surface area contributed by atoms with Gasteiger partial charge in [0.1, 0.15) is 12.1 Å². The largest absolute Gasteiger partial charge is 0.480 e. The zero-order valence-corrected chi connectivity index (χ0v) is 17.1. The van der Waals surface area contributed by atoms with Crippen LogP contribution in [0.3, 0.4) is 0 Å². The number of unbranched alkanes of at least 4 members (excludes halogenated alkanes) is 1. The number of aliphatic carboxylic acids is 2. The van der Waals surface area contributed by atoms with Gasteiger partial charge >= 0.3 is 11.9 Å². The van der Waals surface area contributed by atoms with E-state index in [2.05, 4.69) is 5.32 Å². The number of amides is 1. The van der Waals surface area contributed by atoms with Gasteiger partial charge in [-0.3, -0.25) is 14.9 Å². The number of carbonyl (C=O) groups is 3. The van der Waals surface area contributed by atoms with Gasteiger partial charge in [0.2, 0.25) is 5.91 Å². The molecule has 1 saturated heterocycles. The molecule has 0 aliphatic carbocycles. The maximum atomic E-state index is 13.1. The zero-order chi connectivity index (χ0) is 21.2. The van der Waals surface area contributed by atoms with Crippen LogP contribution in [0.25, 0.3) is 0 Å². The lowest BCUT2D eigenvalue weighted by atomic mass is 10.0. The molecule has 1 amide bonds. The summed E-state index contributed by atoms with van der Waals surface area (Å²) in [6.45, 7) is 0.866. The molecule has 0 saturated carbocycles. The highest BCUT2D eigenvalue weighted by Gasteiger charge is 2.38. The van der Waals surface area contributed by atoms with E-state index in [9.17, 15) is 24.6 Å². The van der Waals surface area contributed by atoms with Gasteiger partial charge in [-0.05, 0) is 50.6 Å². The standard InChI is InChI=1S/C21H31N3O5.H2O/c22-13-5-4-9-16(19(25)24-14-6-10-18(24)21(28)29)23-17(20(26)27)12-11-15-7-2-1-3-8-15;/h1-3,7-8,16-18,23H,4-6,9-14,22H2,(H,26,27)(H,28,29);1H2/t16-,17?,18-;/m0./s1. The van der Waals surface area contributed by atoms with E-state index in [-0.39, 0.29) is 11.4 Å². The number of nitrogens with one attached hydrogen (secondary N) is 1. The smallest absolute Gasteiger partial charge is 0.326 e. The summed E-state index contributed by atoms with van der Waals surface area (Å²) in [5.74, 6) is -2.37. The van der Waals surface area contributed by atoms with Crippen molar-refractivity contribution in [2.45, 2.75) is 63.1 Å². The number of hydrogen-bond acceptors (Lipinski definition) is 5. The van der Waals surface area contributed by atoms with Crippen LogP contribution in [-0.4, -0.2) is 69.6 Å². The molecule has 1 aliphatic heterocycles.